The summed E-state index contributed by atoms with van der Waals surface area (Å²) in [5.74, 6) is 0.419. The van der Waals surface area contributed by atoms with Crippen LogP contribution in [0, 0.1) is 0 Å². The number of hydrogen-bond acceptors (Lipinski definition) is 4. The number of rotatable bonds is 7. The summed E-state index contributed by atoms with van der Waals surface area (Å²) in [7, 11) is 0. The highest BCUT2D eigenvalue weighted by molar-refractivity contribution is 5.67. The first-order valence-electron chi connectivity index (χ1n) is 12.9. The third-order valence-electron chi connectivity index (χ3n) is 6.40. The smallest absolute Gasteiger partial charge is 0.123 e. The quantitative estimate of drug-likeness (QED) is 0.207. The SMILES string of the molecule is CC(C)(C)c1cc(CNc2ccc(Nc3ccc(Nc4ccccc4)cc3)cc2)cc(C(C)(C)C)c1O. The van der Waals surface area contributed by atoms with Crippen molar-refractivity contribution in [2.24, 2.45) is 0 Å². The van der Waals surface area contributed by atoms with E-state index in [2.05, 4.69) is 130 Å². The summed E-state index contributed by atoms with van der Waals surface area (Å²) >= 11 is 0. The van der Waals surface area contributed by atoms with Gasteiger partial charge < -0.3 is 21.1 Å². The fraction of sp³-hybridized carbons (Fsp3) is 0.273. The Morgan fingerprint density at radius 3 is 1.32 bits per heavy atom. The number of anilines is 5. The average Bonchev–Trinajstić information content (AvgIpc) is 2.85. The Labute approximate surface area is 221 Å². The number of hydrogen-bond donors (Lipinski definition) is 4. The van der Waals surface area contributed by atoms with Crippen LogP contribution in [0.5, 0.6) is 5.75 Å². The molecule has 0 saturated heterocycles. The molecule has 0 spiro atoms. The molecule has 0 bridgehead atoms. The molecule has 4 rings (SSSR count). The number of nitrogens with one attached hydrogen (secondary N) is 3. The minimum atomic E-state index is -0.136. The second-order valence-electron chi connectivity index (χ2n) is 11.7. The highest BCUT2D eigenvalue weighted by atomic mass is 16.3. The van der Waals surface area contributed by atoms with Gasteiger partial charge in [-0.15, -0.1) is 0 Å². The molecule has 0 unspecified atom stereocenters. The van der Waals surface area contributed by atoms with Crippen molar-refractivity contribution >= 4 is 28.4 Å². The van der Waals surface area contributed by atoms with Gasteiger partial charge in [-0.3, -0.25) is 0 Å². The van der Waals surface area contributed by atoms with Crippen LogP contribution in [0.25, 0.3) is 0 Å². The Bertz CT molecular complexity index is 1280. The van der Waals surface area contributed by atoms with Crippen LogP contribution in [0.1, 0.15) is 58.2 Å². The van der Waals surface area contributed by atoms with Crippen molar-refractivity contribution in [1.82, 2.24) is 0 Å². The van der Waals surface area contributed by atoms with Crippen LogP contribution >= 0.6 is 0 Å². The van der Waals surface area contributed by atoms with Gasteiger partial charge in [0.15, 0.2) is 0 Å². The van der Waals surface area contributed by atoms with E-state index in [0.717, 1.165) is 39.6 Å². The van der Waals surface area contributed by atoms with Crippen LogP contribution < -0.4 is 16.0 Å². The molecule has 0 heterocycles. The molecule has 0 fully saturated rings. The van der Waals surface area contributed by atoms with Gasteiger partial charge in [0.05, 0.1) is 0 Å². The Balaban J connectivity index is 1.40. The third-order valence-corrected chi connectivity index (χ3v) is 6.40. The second-order valence-corrected chi connectivity index (χ2v) is 11.7. The van der Waals surface area contributed by atoms with Gasteiger partial charge in [-0.25, -0.2) is 0 Å². The van der Waals surface area contributed by atoms with E-state index in [4.69, 9.17) is 0 Å². The maximum absolute atomic E-state index is 11.0. The molecule has 4 nitrogen and oxygen atoms in total. The van der Waals surface area contributed by atoms with Gasteiger partial charge in [0.2, 0.25) is 0 Å². The Morgan fingerprint density at radius 1 is 0.541 bits per heavy atom. The lowest BCUT2D eigenvalue weighted by atomic mass is 9.78. The van der Waals surface area contributed by atoms with Crippen molar-refractivity contribution in [1.29, 1.82) is 0 Å². The molecule has 0 radical (unpaired) electrons. The van der Waals surface area contributed by atoms with Crippen molar-refractivity contribution in [2.45, 2.75) is 58.9 Å². The standard InChI is InChI=1S/C33H39N3O/c1-32(2,3)29-20-23(21-30(31(29)37)33(4,5)6)22-34-24-12-14-26(15-13-24)36-28-18-16-27(17-19-28)35-25-10-8-7-9-11-25/h7-21,34-37H,22H2,1-6H3. The molecular weight excluding hydrogens is 454 g/mol. The highest BCUT2D eigenvalue weighted by Crippen LogP contribution is 2.40. The number of para-hydroxylation sites is 1. The van der Waals surface area contributed by atoms with Crippen molar-refractivity contribution < 1.29 is 5.11 Å². The summed E-state index contributed by atoms with van der Waals surface area (Å²) in [6.45, 7) is 13.6. The third kappa shape index (κ3) is 6.85. The average molecular weight is 494 g/mol. The minimum absolute atomic E-state index is 0.136. The Hall–Kier alpha value is -3.92. The lowest BCUT2D eigenvalue weighted by Crippen LogP contribution is -2.18. The molecule has 0 saturated carbocycles. The molecule has 0 aromatic heterocycles. The van der Waals surface area contributed by atoms with Gasteiger partial charge in [-0.1, -0.05) is 59.7 Å². The van der Waals surface area contributed by atoms with Crippen molar-refractivity contribution in [3.63, 3.8) is 0 Å². The number of aromatic hydroxyl groups is 1. The molecule has 4 heteroatoms. The molecular formula is C33H39N3O. The van der Waals surface area contributed by atoms with Gasteiger partial charge in [0, 0.05) is 35.0 Å². The molecule has 37 heavy (non-hydrogen) atoms. The van der Waals surface area contributed by atoms with Crippen molar-refractivity contribution in [3.8, 4) is 5.75 Å². The van der Waals surface area contributed by atoms with E-state index in [1.807, 2.05) is 18.2 Å². The number of phenols is 1. The van der Waals surface area contributed by atoms with E-state index in [1.54, 1.807) is 0 Å². The van der Waals surface area contributed by atoms with Crippen LogP contribution in [-0.2, 0) is 17.4 Å². The van der Waals surface area contributed by atoms with E-state index in [0.29, 0.717) is 12.3 Å². The zero-order chi connectivity index (χ0) is 26.6. The summed E-state index contributed by atoms with van der Waals surface area (Å²) in [4.78, 5) is 0. The molecule has 192 valence electrons. The molecule has 0 atom stereocenters. The topological polar surface area (TPSA) is 56.3 Å². The van der Waals surface area contributed by atoms with Gasteiger partial charge >= 0.3 is 0 Å². The summed E-state index contributed by atoms with van der Waals surface area (Å²) < 4.78 is 0. The summed E-state index contributed by atoms with van der Waals surface area (Å²) in [5, 5.41) is 21.4. The maximum Gasteiger partial charge on any atom is 0.123 e. The predicted molar refractivity (Wildman–Crippen MR) is 159 cm³/mol. The van der Waals surface area contributed by atoms with Crippen LogP contribution in [0.4, 0.5) is 28.4 Å². The number of phenolic OH excluding ortho intramolecular Hbond substituents is 1. The first-order valence-corrected chi connectivity index (χ1v) is 12.9. The Morgan fingerprint density at radius 2 is 0.919 bits per heavy atom. The predicted octanol–water partition coefficient (Wildman–Crippen LogP) is 9.09. The van der Waals surface area contributed by atoms with Gasteiger partial charge in [0.1, 0.15) is 5.75 Å². The molecule has 0 aliphatic rings. The van der Waals surface area contributed by atoms with E-state index < -0.39 is 0 Å². The molecule has 0 amide bonds. The number of benzene rings is 4. The van der Waals surface area contributed by atoms with Crippen LogP contribution in [0.15, 0.2) is 91.0 Å². The van der Waals surface area contributed by atoms with Gasteiger partial charge in [0.25, 0.3) is 0 Å². The molecule has 4 aromatic rings. The summed E-state index contributed by atoms with van der Waals surface area (Å²) in [6, 6.07) is 31.0. The van der Waals surface area contributed by atoms with Crippen LogP contribution in [-0.4, -0.2) is 5.11 Å². The fourth-order valence-corrected chi connectivity index (χ4v) is 4.31. The largest absolute Gasteiger partial charge is 0.507 e. The fourth-order valence-electron chi connectivity index (χ4n) is 4.31. The zero-order valence-corrected chi connectivity index (χ0v) is 22.8. The van der Waals surface area contributed by atoms with Gasteiger partial charge in [-0.2, -0.15) is 0 Å². The zero-order valence-electron chi connectivity index (χ0n) is 22.8. The van der Waals surface area contributed by atoms with E-state index in [1.165, 1.54) is 5.56 Å². The van der Waals surface area contributed by atoms with Crippen LogP contribution in [0.3, 0.4) is 0 Å². The monoisotopic (exact) mass is 493 g/mol. The normalized spacial score (nSPS) is 11.7. The molecule has 0 aliphatic heterocycles. The summed E-state index contributed by atoms with van der Waals surface area (Å²) in [6.07, 6.45) is 0. The first-order chi connectivity index (χ1) is 17.5. The van der Waals surface area contributed by atoms with Crippen molar-refractivity contribution in [3.05, 3.63) is 108 Å². The summed E-state index contributed by atoms with van der Waals surface area (Å²) in [5.41, 5.74) is 8.11. The van der Waals surface area contributed by atoms with E-state index >= 15 is 0 Å². The van der Waals surface area contributed by atoms with Gasteiger partial charge in [-0.05, 0) is 100 Å². The first kappa shape index (κ1) is 26.2. The molecule has 4 aromatic carbocycles. The Kier molecular flexibility index (Phi) is 7.49. The lowest BCUT2D eigenvalue weighted by Gasteiger charge is -2.28. The highest BCUT2D eigenvalue weighted by Gasteiger charge is 2.26. The molecule has 0 aliphatic carbocycles. The van der Waals surface area contributed by atoms with E-state index in [9.17, 15) is 5.11 Å². The van der Waals surface area contributed by atoms with E-state index in [-0.39, 0.29) is 10.8 Å². The minimum Gasteiger partial charge on any atom is -0.507 e. The van der Waals surface area contributed by atoms with Crippen molar-refractivity contribution in [2.75, 3.05) is 16.0 Å². The van der Waals surface area contributed by atoms with Crippen LogP contribution in [0.2, 0.25) is 0 Å². The second kappa shape index (κ2) is 10.6. The maximum atomic E-state index is 11.0. The lowest BCUT2D eigenvalue weighted by molar-refractivity contribution is 0.423. The molecule has 4 N–H and O–H groups in total.